The predicted molar refractivity (Wildman–Crippen MR) is 139 cm³/mol. The van der Waals surface area contributed by atoms with Crippen molar-refractivity contribution in [3.8, 4) is 0 Å². The van der Waals surface area contributed by atoms with E-state index in [9.17, 15) is 14.7 Å². The van der Waals surface area contributed by atoms with E-state index in [2.05, 4.69) is 21.1 Å². The quantitative estimate of drug-likeness (QED) is 0.0870. The molecule has 0 amide bonds. The largest absolute Gasteiger partial charge is 0.476 e. The van der Waals surface area contributed by atoms with E-state index in [1.807, 2.05) is 91.0 Å². The molecule has 0 spiro atoms. The summed E-state index contributed by atoms with van der Waals surface area (Å²) in [7, 11) is 0. The van der Waals surface area contributed by atoms with Crippen molar-refractivity contribution in [2.45, 2.75) is 5.60 Å². The van der Waals surface area contributed by atoms with Gasteiger partial charge >= 0.3 is 5.97 Å². The van der Waals surface area contributed by atoms with Crippen LogP contribution in [-0.4, -0.2) is 22.6 Å². The number of hydrogen-bond acceptors (Lipinski definition) is 4. The van der Waals surface area contributed by atoms with Gasteiger partial charge in [0.15, 0.2) is 0 Å². The van der Waals surface area contributed by atoms with Gasteiger partial charge in [0.1, 0.15) is 0 Å². The number of benzene rings is 4. The van der Waals surface area contributed by atoms with E-state index in [0.717, 1.165) is 0 Å². The fourth-order valence-corrected chi connectivity index (χ4v) is 4.53. The highest BCUT2D eigenvalue weighted by Crippen LogP contribution is 2.40. The molecule has 174 valence electrons. The fraction of sp³-hybridized carbons (Fsp3) is 0.0357. The average molecular weight is 549 g/mol. The summed E-state index contributed by atoms with van der Waals surface area (Å²) in [6, 6.07) is 32.5. The number of carbonyl (C=O) groups is 2. The zero-order chi connectivity index (χ0) is 24.8. The van der Waals surface area contributed by atoms with Crippen molar-refractivity contribution < 1.29 is 19.5 Å². The van der Waals surface area contributed by atoms with Gasteiger partial charge in [-0.2, -0.15) is 0 Å². The molecule has 0 heterocycles. The third-order valence-corrected chi connectivity index (χ3v) is 6.21. The van der Waals surface area contributed by atoms with Crippen LogP contribution in [0.25, 0.3) is 0 Å². The van der Waals surface area contributed by atoms with E-state index in [1.165, 1.54) is 12.1 Å². The zero-order valence-electron chi connectivity index (χ0n) is 18.3. The second-order valence-electron chi connectivity index (χ2n) is 7.57. The van der Waals surface area contributed by atoms with Gasteiger partial charge in [0.2, 0.25) is 17.1 Å². The molecule has 0 aliphatic heterocycles. The molecule has 0 saturated carbocycles. The molecular weight excluding hydrogens is 530 g/mol. The predicted octanol–water partition coefficient (Wildman–Crippen LogP) is 6.73. The molecule has 0 radical (unpaired) electrons. The Morgan fingerprint density at radius 3 is 1.63 bits per heavy atom. The van der Waals surface area contributed by atoms with Gasteiger partial charge in [0.25, 0.3) is 0 Å². The lowest BCUT2D eigenvalue weighted by molar-refractivity contribution is -0.129. The maximum atomic E-state index is 13.2. The Bertz CT molecular complexity index is 1280. The summed E-state index contributed by atoms with van der Waals surface area (Å²) in [4.78, 5) is 31.4. The number of hydrogen-bond donors (Lipinski definition) is 1. The van der Waals surface area contributed by atoms with E-state index < -0.39 is 23.1 Å². The normalized spacial score (nSPS) is 11.7. The van der Waals surface area contributed by atoms with Crippen LogP contribution in [0.15, 0.2) is 119 Å². The number of aliphatic carboxylic acids is 1. The van der Waals surface area contributed by atoms with Gasteiger partial charge in [-0.25, -0.2) is 4.79 Å². The number of halogens is 2. The van der Waals surface area contributed by atoms with Crippen molar-refractivity contribution in [1.82, 2.24) is 0 Å². The Balaban J connectivity index is 1.91. The van der Waals surface area contributed by atoms with E-state index in [-0.39, 0.29) is 10.6 Å². The van der Waals surface area contributed by atoms with E-state index >= 15 is 0 Å². The van der Waals surface area contributed by atoms with Gasteiger partial charge in [0.05, 0.1) is 5.02 Å². The first-order valence-electron chi connectivity index (χ1n) is 10.6. The third kappa shape index (κ3) is 5.04. The molecule has 0 aliphatic carbocycles. The van der Waals surface area contributed by atoms with Crippen LogP contribution in [0.1, 0.15) is 27.0 Å². The maximum absolute atomic E-state index is 13.2. The molecule has 5 nitrogen and oxygen atoms in total. The summed E-state index contributed by atoms with van der Waals surface area (Å²) >= 11 is 9.49. The van der Waals surface area contributed by atoms with Gasteiger partial charge in [-0.05, 0) is 18.2 Å². The summed E-state index contributed by atoms with van der Waals surface area (Å²) < 4.78 is 0.653. The topological polar surface area (TPSA) is 76.0 Å². The van der Waals surface area contributed by atoms with Crippen molar-refractivity contribution >= 4 is 45.0 Å². The summed E-state index contributed by atoms with van der Waals surface area (Å²) in [5, 5.41) is 13.9. The first-order chi connectivity index (χ1) is 16.9. The number of ketones is 1. The lowest BCUT2D eigenvalue weighted by atomic mass is 9.80. The van der Waals surface area contributed by atoms with Crippen LogP contribution in [0.2, 0.25) is 5.02 Å². The smallest absolute Gasteiger partial charge is 0.362 e. The van der Waals surface area contributed by atoms with Crippen LogP contribution in [0.4, 0.5) is 0 Å². The Morgan fingerprint density at radius 1 is 0.771 bits per heavy atom. The van der Waals surface area contributed by atoms with E-state index in [0.29, 0.717) is 21.2 Å². The molecule has 0 aliphatic rings. The number of nitrogens with zero attached hydrogens (tertiary/aromatic N) is 1. The second-order valence-corrected chi connectivity index (χ2v) is 8.89. The molecule has 0 fully saturated rings. The van der Waals surface area contributed by atoms with Crippen molar-refractivity contribution in [1.29, 1.82) is 0 Å². The zero-order valence-corrected chi connectivity index (χ0v) is 20.6. The van der Waals surface area contributed by atoms with Crippen molar-refractivity contribution in [3.63, 3.8) is 0 Å². The highest BCUT2D eigenvalue weighted by Gasteiger charge is 2.40. The molecule has 35 heavy (non-hydrogen) atoms. The van der Waals surface area contributed by atoms with Crippen LogP contribution in [0.5, 0.6) is 0 Å². The lowest BCUT2D eigenvalue weighted by Gasteiger charge is -2.33. The highest BCUT2D eigenvalue weighted by atomic mass is 79.9. The maximum Gasteiger partial charge on any atom is 0.362 e. The standard InChI is InChI=1S/C28H19BrClNO4/c29-22-16-17-23(24(30)18-22)26(32)25(27(33)34)31-35-28(19-10-4-1-5-11-19,20-12-6-2-7-13-20)21-14-8-3-9-15-21/h1-18H,(H,33,34). The van der Waals surface area contributed by atoms with Gasteiger partial charge < -0.3 is 9.94 Å². The number of Topliss-reactive ketones (excluding diaryl/α,β-unsaturated/α-hetero) is 1. The van der Waals surface area contributed by atoms with Gasteiger partial charge in [-0.1, -0.05) is 124 Å². The molecule has 1 N–H and O–H groups in total. The molecular formula is C28H19BrClNO4. The number of carboxylic acid groups (broad SMARTS) is 1. The van der Waals surface area contributed by atoms with Crippen molar-refractivity contribution in [2.24, 2.45) is 5.16 Å². The fourth-order valence-electron chi connectivity index (χ4n) is 3.77. The molecule has 0 unspecified atom stereocenters. The van der Waals surface area contributed by atoms with Crippen LogP contribution >= 0.6 is 27.5 Å². The monoisotopic (exact) mass is 547 g/mol. The molecule has 4 aromatic carbocycles. The minimum absolute atomic E-state index is 0.00403. The summed E-state index contributed by atoms with van der Waals surface area (Å²) in [5.74, 6) is -2.39. The van der Waals surface area contributed by atoms with Gasteiger partial charge in [0, 0.05) is 26.7 Å². The van der Waals surface area contributed by atoms with Crippen molar-refractivity contribution in [3.05, 3.63) is 141 Å². The SMILES string of the molecule is O=C(O)C(=NOC(c1ccccc1)(c1ccccc1)c1ccccc1)C(=O)c1ccc(Br)cc1Cl. The summed E-state index contributed by atoms with van der Waals surface area (Å²) in [6.07, 6.45) is 0. The van der Waals surface area contributed by atoms with Gasteiger partial charge in [-0.3, -0.25) is 4.79 Å². The van der Waals surface area contributed by atoms with Crippen LogP contribution < -0.4 is 0 Å². The summed E-state index contributed by atoms with van der Waals surface area (Å²) in [6.45, 7) is 0. The Labute approximate surface area is 215 Å². The van der Waals surface area contributed by atoms with Crippen LogP contribution in [0.3, 0.4) is 0 Å². The second kappa shape index (κ2) is 10.7. The van der Waals surface area contributed by atoms with Crippen LogP contribution in [0, 0.1) is 0 Å². The minimum Gasteiger partial charge on any atom is -0.476 e. The number of carboxylic acids is 1. The van der Waals surface area contributed by atoms with Gasteiger partial charge in [-0.15, -0.1) is 0 Å². The van der Waals surface area contributed by atoms with Crippen LogP contribution in [-0.2, 0) is 15.2 Å². The van der Waals surface area contributed by atoms with E-state index in [4.69, 9.17) is 16.4 Å². The number of carbonyl (C=O) groups excluding carboxylic acids is 1. The first kappa shape index (κ1) is 24.4. The summed E-state index contributed by atoms with van der Waals surface area (Å²) in [5.41, 5.74) is 0.0136. The molecule has 4 aromatic rings. The minimum atomic E-state index is -1.53. The average Bonchev–Trinajstić information content (AvgIpc) is 2.88. The van der Waals surface area contributed by atoms with E-state index in [1.54, 1.807) is 6.07 Å². The Hall–Kier alpha value is -3.74. The highest BCUT2D eigenvalue weighted by molar-refractivity contribution is 9.10. The molecule has 0 atom stereocenters. The first-order valence-corrected chi connectivity index (χ1v) is 11.8. The molecule has 0 bridgehead atoms. The lowest BCUT2D eigenvalue weighted by Crippen LogP contribution is -2.33. The molecule has 0 aromatic heterocycles. The third-order valence-electron chi connectivity index (χ3n) is 5.41. The Kier molecular flexibility index (Phi) is 7.44. The molecule has 4 rings (SSSR count). The number of rotatable bonds is 8. The molecule has 0 saturated heterocycles. The number of oxime groups is 1. The Morgan fingerprint density at radius 2 is 1.23 bits per heavy atom. The molecule has 7 heteroatoms. The van der Waals surface area contributed by atoms with Crippen molar-refractivity contribution in [2.75, 3.05) is 0 Å².